The predicted molar refractivity (Wildman–Crippen MR) is 172 cm³/mol. The van der Waals surface area contributed by atoms with Gasteiger partial charge in [-0.1, -0.05) is 25.8 Å². The van der Waals surface area contributed by atoms with Gasteiger partial charge in [0.15, 0.2) is 11.5 Å². The summed E-state index contributed by atoms with van der Waals surface area (Å²) in [5, 5.41) is 7.81. The van der Waals surface area contributed by atoms with Crippen molar-refractivity contribution in [3.8, 4) is 23.0 Å². The molecular formula is C35H31NO13. The van der Waals surface area contributed by atoms with Crippen molar-refractivity contribution in [2.24, 2.45) is 0 Å². The van der Waals surface area contributed by atoms with Gasteiger partial charge in [0, 0.05) is 36.4 Å². The maximum Gasteiger partial charge on any atom is 0.343 e. The Bertz CT molecular complexity index is 1710. The van der Waals surface area contributed by atoms with Crippen molar-refractivity contribution in [3.63, 3.8) is 0 Å². The molecule has 0 unspecified atom stereocenters. The fourth-order valence-corrected chi connectivity index (χ4v) is 3.65. The minimum Gasteiger partial charge on any atom is -0.462 e. The van der Waals surface area contributed by atoms with Gasteiger partial charge < -0.3 is 43.3 Å². The average molecular weight is 674 g/mol. The van der Waals surface area contributed by atoms with E-state index >= 15 is 0 Å². The third-order valence-corrected chi connectivity index (χ3v) is 6.08. The molecule has 0 amide bonds. The molecule has 0 atom stereocenters. The second-order valence-electron chi connectivity index (χ2n) is 9.27. The van der Waals surface area contributed by atoms with E-state index in [2.05, 4.69) is 19.7 Å². The molecule has 0 aromatic heterocycles. The number of esters is 5. The Morgan fingerprint density at radius 3 is 1.73 bits per heavy atom. The summed E-state index contributed by atoms with van der Waals surface area (Å²) in [5.41, 5.74) is 1.28. The molecule has 0 aliphatic rings. The van der Waals surface area contributed by atoms with Gasteiger partial charge >= 0.3 is 29.8 Å². The number of carbonyl (C=O) groups is 5. The Kier molecular flexibility index (Phi) is 14.3. The van der Waals surface area contributed by atoms with Crippen LogP contribution in [-0.2, 0) is 39.8 Å². The zero-order chi connectivity index (χ0) is 35.6. The molecule has 0 bridgehead atoms. The van der Waals surface area contributed by atoms with E-state index in [0.717, 1.165) is 24.4 Å². The standard InChI is InChI=1S/C35H31NO13/c1-4-31(37)46-20-43-27-11-8-24(9-12-27)34(40)42-16-15-23-7-13-28(26(17-23)19-36)49-35(41)25-10-14-29(44-21-47-32(38)5-2)30(18-25)45-22-48-33(39)6-3/h4-14,17-19,36H,1-3,15-16,20-22H2. The minimum atomic E-state index is -0.809. The number of nitrogens with one attached hydrogen (secondary N) is 1. The maximum absolute atomic E-state index is 13.0. The number of benzene rings is 3. The third-order valence-electron chi connectivity index (χ3n) is 6.08. The summed E-state index contributed by atoms with van der Waals surface area (Å²) in [6.07, 6.45) is 4.21. The van der Waals surface area contributed by atoms with Gasteiger partial charge in [0.25, 0.3) is 0 Å². The Labute approximate surface area is 280 Å². The molecule has 14 heteroatoms. The van der Waals surface area contributed by atoms with Crippen molar-refractivity contribution in [2.45, 2.75) is 6.42 Å². The zero-order valence-corrected chi connectivity index (χ0v) is 26.0. The molecule has 3 aromatic carbocycles. The Hall–Kier alpha value is -6.70. The average Bonchev–Trinajstić information content (AvgIpc) is 3.12. The van der Waals surface area contributed by atoms with Crippen molar-refractivity contribution in [3.05, 3.63) is 121 Å². The highest BCUT2D eigenvalue weighted by molar-refractivity contribution is 5.93. The smallest absolute Gasteiger partial charge is 0.343 e. The number of rotatable bonds is 19. The first kappa shape index (κ1) is 36.8. The molecule has 49 heavy (non-hydrogen) atoms. The van der Waals surface area contributed by atoms with Crippen LogP contribution in [0.3, 0.4) is 0 Å². The normalized spacial score (nSPS) is 9.96. The highest BCUT2D eigenvalue weighted by atomic mass is 16.7. The van der Waals surface area contributed by atoms with E-state index in [-0.39, 0.29) is 47.3 Å². The molecule has 0 fully saturated rings. The monoisotopic (exact) mass is 673 g/mol. The van der Waals surface area contributed by atoms with Gasteiger partial charge in [-0.05, 0) is 60.2 Å². The van der Waals surface area contributed by atoms with Crippen molar-refractivity contribution in [1.29, 1.82) is 5.41 Å². The molecule has 1 N–H and O–H groups in total. The van der Waals surface area contributed by atoms with Gasteiger partial charge in [0.2, 0.25) is 20.4 Å². The molecule has 0 aliphatic heterocycles. The van der Waals surface area contributed by atoms with Gasteiger partial charge in [-0.15, -0.1) is 0 Å². The quantitative estimate of drug-likeness (QED) is 0.0469. The summed E-state index contributed by atoms with van der Waals surface area (Å²) in [6.45, 7) is 8.54. The van der Waals surface area contributed by atoms with Crippen LogP contribution in [0, 0.1) is 5.41 Å². The molecule has 0 spiro atoms. The second-order valence-corrected chi connectivity index (χ2v) is 9.27. The second kappa shape index (κ2) is 19.1. The zero-order valence-electron chi connectivity index (χ0n) is 26.0. The first-order valence-corrected chi connectivity index (χ1v) is 14.2. The molecular weight excluding hydrogens is 642 g/mol. The molecule has 0 radical (unpaired) electrons. The first-order valence-electron chi connectivity index (χ1n) is 14.2. The van der Waals surface area contributed by atoms with E-state index in [1.54, 1.807) is 12.1 Å². The number of carbonyl (C=O) groups excluding carboxylic acids is 5. The number of hydrogen-bond acceptors (Lipinski definition) is 14. The van der Waals surface area contributed by atoms with Gasteiger partial charge in [-0.2, -0.15) is 0 Å². The predicted octanol–water partition coefficient (Wildman–Crippen LogP) is 4.50. The van der Waals surface area contributed by atoms with Crippen LogP contribution in [0.1, 0.15) is 31.8 Å². The molecule has 0 aliphatic carbocycles. The van der Waals surface area contributed by atoms with Gasteiger partial charge in [-0.3, -0.25) is 0 Å². The summed E-state index contributed by atoms with van der Waals surface area (Å²) in [7, 11) is 0. The van der Waals surface area contributed by atoms with Crippen LogP contribution in [0.25, 0.3) is 0 Å². The summed E-state index contributed by atoms with van der Waals surface area (Å²) in [5.74, 6) is -2.99. The Balaban J connectivity index is 1.60. The van der Waals surface area contributed by atoms with Crippen molar-refractivity contribution < 1.29 is 61.9 Å². The highest BCUT2D eigenvalue weighted by Crippen LogP contribution is 2.30. The lowest BCUT2D eigenvalue weighted by atomic mass is 10.1. The summed E-state index contributed by atoms with van der Waals surface area (Å²) in [4.78, 5) is 59.3. The van der Waals surface area contributed by atoms with Crippen LogP contribution in [0.5, 0.6) is 23.0 Å². The topological polar surface area (TPSA) is 183 Å². The lowest BCUT2D eigenvalue weighted by molar-refractivity contribution is -0.146. The molecule has 0 saturated heterocycles. The van der Waals surface area contributed by atoms with E-state index in [1.807, 2.05) is 0 Å². The van der Waals surface area contributed by atoms with Crippen LogP contribution >= 0.6 is 0 Å². The summed E-state index contributed by atoms with van der Waals surface area (Å²) < 4.78 is 41.3. The van der Waals surface area contributed by atoms with Gasteiger partial charge in [0.05, 0.1) is 17.7 Å². The van der Waals surface area contributed by atoms with E-state index < -0.39 is 43.4 Å². The largest absolute Gasteiger partial charge is 0.462 e. The Morgan fingerprint density at radius 2 is 1.14 bits per heavy atom. The SMILES string of the molecule is C=CC(=O)OCOc1ccc(C(=O)OCCc2ccc(OC(=O)c3ccc(OCOC(=O)C=C)c(OCOC(=O)C=C)c3)c(C=N)c2)cc1. The van der Waals surface area contributed by atoms with E-state index in [1.165, 1.54) is 48.5 Å². The highest BCUT2D eigenvalue weighted by Gasteiger charge is 2.17. The molecule has 3 aromatic rings. The van der Waals surface area contributed by atoms with Crippen molar-refractivity contribution >= 4 is 36.1 Å². The maximum atomic E-state index is 13.0. The number of ether oxygens (including phenoxy) is 8. The van der Waals surface area contributed by atoms with E-state index in [4.69, 9.17) is 43.3 Å². The lowest BCUT2D eigenvalue weighted by Crippen LogP contribution is -2.13. The molecule has 3 rings (SSSR count). The van der Waals surface area contributed by atoms with Crippen LogP contribution < -0.4 is 18.9 Å². The Morgan fingerprint density at radius 1 is 0.592 bits per heavy atom. The minimum absolute atomic E-state index is 0.0168. The third kappa shape index (κ3) is 11.9. The van der Waals surface area contributed by atoms with E-state index in [0.29, 0.717) is 17.7 Å². The van der Waals surface area contributed by atoms with Gasteiger partial charge in [0.1, 0.15) is 11.5 Å². The summed E-state index contributed by atoms with van der Waals surface area (Å²) in [6, 6.07) is 14.8. The van der Waals surface area contributed by atoms with Crippen molar-refractivity contribution in [2.75, 3.05) is 27.0 Å². The van der Waals surface area contributed by atoms with Crippen LogP contribution in [0.2, 0.25) is 0 Å². The van der Waals surface area contributed by atoms with Crippen LogP contribution in [-0.4, -0.2) is 63.0 Å². The first-order chi connectivity index (χ1) is 23.7. The van der Waals surface area contributed by atoms with Gasteiger partial charge in [-0.25, -0.2) is 24.0 Å². The number of hydrogen-bond donors (Lipinski definition) is 1. The van der Waals surface area contributed by atoms with Crippen molar-refractivity contribution in [1.82, 2.24) is 0 Å². The fourth-order valence-electron chi connectivity index (χ4n) is 3.65. The van der Waals surface area contributed by atoms with Crippen LogP contribution in [0.4, 0.5) is 0 Å². The fraction of sp³-hybridized carbons (Fsp3) is 0.143. The molecule has 14 nitrogen and oxygen atoms in total. The van der Waals surface area contributed by atoms with E-state index in [9.17, 15) is 24.0 Å². The molecule has 0 saturated carbocycles. The van der Waals surface area contributed by atoms with Crippen LogP contribution in [0.15, 0.2) is 98.6 Å². The summed E-state index contributed by atoms with van der Waals surface area (Å²) >= 11 is 0. The lowest BCUT2D eigenvalue weighted by Gasteiger charge is -2.14. The molecule has 0 heterocycles. The molecule has 254 valence electrons.